The lowest BCUT2D eigenvalue weighted by atomic mass is 10.00. The van der Waals surface area contributed by atoms with Crippen molar-refractivity contribution in [2.24, 2.45) is 0 Å². The number of hydrogen-bond acceptors (Lipinski definition) is 7. The number of rotatable bonds is 5. The zero-order valence-corrected chi connectivity index (χ0v) is 18.5. The maximum atomic E-state index is 13.9. The average molecular weight is 471 g/mol. The van der Waals surface area contributed by atoms with Gasteiger partial charge in [-0.1, -0.05) is 30.3 Å². The molecule has 0 spiro atoms. The molecule has 2 aromatic carbocycles. The van der Waals surface area contributed by atoms with E-state index in [1.54, 1.807) is 7.11 Å². The number of aromatic nitrogens is 2. The van der Waals surface area contributed by atoms with Crippen molar-refractivity contribution >= 4 is 17.5 Å². The van der Waals surface area contributed by atoms with Gasteiger partial charge in [-0.3, -0.25) is 4.84 Å². The molecule has 34 heavy (non-hydrogen) atoms. The van der Waals surface area contributed by atoms with Gasteiger partial charge in [0.05, 0.1) is 25.4 Å². The molecule has 1 fully saturated rings. The molecule has 5 rings (SSSR count). The van der Waals surface area contributed by atoms with Crippen LogP contribution >= 0.6 is 0 Å². The van der Waals surface area contributed by atoms with Crippen LogP contribution < -0.4 is 20.4 Å². The Morgan fingerprint density at radius 1 is 1.18 bits per heavy atom. The number of halogens is 3. The van der Waals surface area contributed by atoms with Gasteiger partial charge in [0.15, 0.2) is 5.82 Å². The molecule has 178 valence electrons. The molecule has 0 unspecified atom stereocenters. The zero-order chi connectivity index (χ0) is 23.7. The minimum Gasteiger partial charge on any atom is -0.495 e. The van der Waals surface area contributed by atoms with Crippen LogP contribution in [0, 0.1) is 0 Å². The molecule has 0 bridgehead atoms. The highest BCUT2D eigenvalue weighted by Crippen LogP contribution is 2.42. The van der Waals surface area contributed by atoms with Gasteiger partial charge >= 0.3 is 6.18 Å². The van der Waals surface area contributed by atoms with Gasteiger partial charge in [-0.15, -0.1) is 0 Å². The fourth-order valence-corrected chi connectivity index (χ4v) is 4.35. The Labute approximate surface area is 194 Å². The van der Waals surface area contributed by atoms with Crippen LogP contribution in [0.15, 0.2) is 48.7 Å². The van der Waals surface area contributed by atoms with E-state index in [1.807, 2.05) is 42.5 Å². The maximum Gasteiger partial charge on any atom is 0.421 e. The number of ether oxygens (including phenoxy) is 1. The van der Waals surface area contributed by atoms with E-state index in [4.69, 9.17) is 9.57 Å². The predicted molar refractivity (Wildman–Crippen MR) is 121 cm³/mol. The molecule has 2 N–H and O–H groups in total. The summed E-state index contributed by atoms with van der Waals surface area (Å²) in [6, 6.07) is 12.8. The van der Waals surface area contributed by atoms with E-state index < -0.39 is 17.8 Å². The summed E-state index contributed by atoms with van der Waals surface area (Å²) in [7, 11) is 1.55. The summed E-state index contributed by atoms with van der Waals surface area (Å²) in [5.41, 5.74) is 2.74. The second-order valence-electron chi connectivity index (χ2n) is 8.18. The van der Waals surface area contributed by atoms with Crippen LogP contribution in [0.25, 0.3) is 0 Å². The van der Waals surface area contributed by atoms with Crippen LogP contribution in [0.2, 0.25) is 0 Å². The first-order valence-electron chi connectivity index (χ1n) is 11.0. The zero-order valence-electron chi connectivity index (χ0n) is 18.5. The summed E-state index contributed by atoms with van der Waals surface area (Å²) in [6.45, 7) is 1.87. The highest BCUT2D eigenvalue weighted by atomic mass is 19.4. The van der Waals surface area contributed by atoms with E-state index in [1.165, 1.54) is 10.6 Å². The summed E-state index contributed by atoms with van der Waals surface area (Å²) in [5.74, 6) is 0.271. The Balaban J connectivity index is 1.53. The van der Waals surface area contributed by atoms with Crippen molar-refractivity contribution in [1.82, 2.24) is 15.3 Å². The van der Waals surface area contributed by atoms with Crippen molar-refractivity contribution in [2.45, 2.75) is 31.6 Å². The number of methoxy groups -OCH3 is 1. The molecule has 3 aromatic rings. The third-order valence-electron chi connectivity index (χ3n) is 6.03. The average Bonchev–Trinajstić information content (AvgIpc) is 3.33. The second-order valence-corrected chi connectivity index (χ2v) is 8.18. The van der Waals surface area contributed by atoms with Crippen molar-refractivity contribution < 1.29 is 22.7 Å². The molecule has 10 heteroatoms. The number of anilines is 3. The highest BCUT2D eigenvalue weighted by Gasteiger charge is 2.40. The van der Waals surface area contributed by atoms with Crippen molar-refractivity contribution in [3.8, 4) is 5.75 Å². The minimum atomic E-state index is -4.64. The van der Waals surface area contributed by atoms with Gasteiger partial charge in [0.2, 0.25) is 5.95 Å². The molecule has 0 radical (unpaired) electrons. The van der Waals surface area contributed by atoms with E-state index in [0.717, 1.165) is 30.3 Å². The lowest BCUT2D eigenvalue weighted by Crippen LogP contribution is -2.26. The van der Waals surface area contributed by atoms with Gasteiger partial charge in [0, 0.05) is 19.2 Å². The first-order chi connectivity index (χ1) is 16.4. The summed E-state index contributed by atoms with van der Waals surface area (Å²) in [4.78, 5) is 13.9. The number of nitrogens with one attached hydrogen (secondary N) is 2. The van der Waals surface area contributed by atoms with Crippen LogP contribution in [0.5, 0.6) is 5.75 Å². The molecular formula is C24H24F3N5O2. The number of nitrogens with zero attached hydrogens (tertiary/aromatic N) is 3. The fraction of sp³-hybridized carbons (Fsp3) is 0.333. The fourth-order valence-electron chi connectivity index (χ4n) is 4.35. The predicted octanol–water partition coefficient (Wildman–Crippen LogP) is 4.78. The van der Waals surface area contributed by atoms with Crippen LogP contribution in [-0.2, 0) is 24.0 Å². The second kappa shape index (κ2) is 9.11. The van der Waals surface area contributed by atoms with E-state index >= 15 is 0 Å². The van der Waals surface area contributed by atoms with Crippen LogP contribution in [-0.4, -0.2) is 30.2 Å². The number of hydroxylamine groups is 1. The molecule has 2 aliphatic heterocycles. The van der Waals surface area contributed by atoms with Gasteiger partial charge in [-0.05, 0) is 41.8 Å². The largest absolute Gasteiger partial charge is 0.495 e. The number of alkyl halides is 3. The molecular weight excluding hydrogens is 447 g/mol. The number of hydrogen-bond donors (Lipinski definition) is 2. The topological polar surface area (TPSA) is 71.5 Å². The number of fused-ring (bicyclic) bond motifs is 1. The molecule has 2 aliphatic rings. The van der Waals surface area contributed by atoms with Gasteiger partial charge in [0.25, 0.3) is 0 Å². The Bertz CT molecular complexity index is 1170. The number of benzene rings is 2. The highest BCUT2D eigenvalue weighted by molar-refractivity contribution is 5.66. The minimum absolute atomic E-state index is 0.0207. The summed E-state index contributed by atoms with van der Waals surface area (Å²) >= 11 is 0. The molecule has 0 aliphatic carbocycles. The van der Waals surface area contributed by atoms with Crippen LogP contribution in [0.4, 0.5) is 30.6 Å². The van der Waals surface area contributed by atoms with Crippen molar-refractivity contribution in [1.29, 1.82) is 0 Å². The Hall–Kier alpha value is -3.37. The SMILES string of the molecule is COc1cc2c(cc1Nc1ncc(C(F)(F)F)c(N3OCC[C@H]3c3ccccc3)n1)CNCC2. The Kier molecular flexibility index (Phi) is 6.01. The van der Waals surface area contributed by atoms with E-state index in [-0.39, 0.29) is 18.4 Å². The van der Waals surface area contributed by atoms with Crippen LogP contribution in [0.1, 0.15) is 34.7 Å². The Morgan fingerprint density at radius 3 is 2.76 bits per heavy atom. The van der Waals surface area contributed by atoms with Gasteiger partial charge in [0.1, 0.15) is 11.3 Å². The molecule has 1 atom stereocenters. The van der Waals surface area contributed by atoms with E-state index in [9.17, 15) is 13.2 Å². The van der Waals surface area contributed by atoms with Gasteiger partial charge < -0.3 is 15.4 Å². The molecule has 3 heterocycles. The van der Waals surface area contributed by atoms with E-state index in [0.29, 0.717) is 24.4 Å². The molecule has 1 saturated heterocycles. The monoisotopic (exact) mass is 471 g/mol. The molecule has 1 aromatic heterocycles. The standard InChI is InChI=1S/C24H24F3N5O2/c1-33-21-12-16-7-9-28-13-17(16)11-19(21)30-23-29-14-18(24(25,26)27)22(31-23)32-20(8-10-34-32)15-5-3-2-4-6-15/h2-6,11-12,14,20,28H,7-10,13H2,1H3,(H,29,30,31)/t20-/m0/s1. The third-order valence-corrected chi connectivity index (χ3v) is 6.03. The lowest BCUT2D eigenvalue weighted by molar-refractivity contribution is -0.138. The molecule has 7 nitrogen and oxygen atoms in total. The third kappa shape index (κ3) is 4.38. The van der Waals surface area contributed by atoms with Crippen LogP contribution in [0.3, 0.4) is 0 Å². The normalized spacial score (nSPS) is 18.0. The first-order valence-corrected chi connectivity index (χ1v) is 11.0. The maximum absolute atomic E-state index is 13.9. The summed E-state index contributed by atoms with van der Waals surface area (Å²) in [6.07, 6.45) is -2.43. The van der Waals surface area contributed by atoms with Gasteiger partial charge in [-0.25, -0.2) is 10.0 Å². The Morgan fingerprint density at radius 2 is 2.00 bits per heavy atom. The molecule has 0 saturated carbocycles. The first kappa shape index (κ1) is 22.4. The van der Waals surface area contributed by atoms with Gasteiger partial charge in [-0.2, -0.15) is 18.2 Å². The smallest absolute Gasteiger partial charge is 0.421 e. The van der Waals surface area contributed by atoms with Crippen molar-refractivity contribution in [3.63, 3.8) is 0 Å². The van der Waals surface area contributed by atoms with Crippen molar-refractivity contribution in [2.75, 3.05) is 30.6 Å². The summed E-state index contributed by atoms with van der Waals surface area (Å²) < 4.78 is 47.2. The molecule has 0 amide bonds. The van der Waals surface area contributed by atoms with Crippen molar-refractivity contribution in [3.05, 3.63) is 70.9 Å². The quantitative estimate of drug-likeness (QED) is 0.555. The lowest BCUT2D eigenvalue weighted by Gasteiger charge is -2.26. The van der Waals surface area contributed by atoms with E-state index in [2.05, 4.69) is 20.6 Å². The summed E-state index contributed by atoms with van der Waals surface area (Å²) in [5, 5.41) is 7.61.